The van der Waals surface area contributed by atoms with Crippen LogP contribution in [-0.2, 0) is 20.0 Å². The summed E-state index contributed by atoms with van der Waals surface area (Å²) in [6.45, 7) is 6.11. The second-order valence-corrected chi connectivity index (χ2v) is 16.1. The Labute approximate surface area is 220 Å². The summed E-state index contributed by atoms with van der Waals surface area (Å²) in [6, 6.07) is 11.0. The molecule has 36 heavy (non-hydrogen) atoms. The molecule has 1 fully saturated rings. The van der Waals surface area contributed by atoms with Gasteiger partial charge in [0.05, 0.1) is 34.4 Å². The molecule has 2 aliphatic heterocycles. The number of aromatic nitrogens is 1. The van der Waals surface area contributed by atoms with E-state index in [1.165, 1.54) is 26.2 Å². The zero-order valence-electron chi connectivity index (χ0n) is 20.3. The predicted octanol–water partition coefficient (Wildman–Crippen LogP) is 2.88. The van der Waals surface area contributed by atoms with E-state index in [2.05, 4.69) is 16.8 Å². The van der Waals surface area contributed by atoms with Gasteiger partial charge in [0, 0.05) is 45.2 Å². The number of benzene rings is 1. The molecule has 5 rings (SSSR count). The van der Waals surface area contributed by atoms with Crippen molar-refractivity contribution in [1.82, 2.24) is 14.2 Å². The van der Waals surface area contributed by atoms with E-state index in [-0.39, 0.29) is 4.75 Å². The van der Waals surface area contributed by atoms with Crippen LogP contribution in [0.4, 0.5) is 5.69 Å². The van der Waals surface area contributed by atoms with Crippen molar-refractivity contribution < 1.29 is 16.8 Å². The Morgan fingerprint density at radius 1 is 1.11 bits per heavy atom. The van der Waals surface area contributed by atoms with Gasteiger partial charge in [0.2, 0.25) is 10.0 Å². The Kier molecular flexibility index (Phi) is 6.75. The van der Waals surface area contributed by atoms with E-state index in [4.69, 9.17) is 4.99 Å². The molecule has 1 unspecified atom stereocenters. The minimum absolute atomic E-state index is 0.123. The lowest BCUT2D eigenvalue weighted by Crippen LogP contribution is -2.51. The van der Waals surface area contributed by atoms with Gasteiger partial charge in [-0.05, 0) is 30.5 Å². The van der Waals surface area contributed by atoms with E-state index in [1.54, 1.807) is 42.4 Å². The van der Waals surface area contributed by atoms with Crippen LogP contribution in [0.15, 0.2) is 51.0 Å². The van der Waals surface area contributed by atoms with E-state index < -0.39 is 20.0 Å². The number of thiophene rings is 1. The summed E-state index contributed by atoms with van der Waals surface area (Å²) in [7, 11) is -5.22. The number of aromatic amines is 1. The lowest BCUT2D eigenvalue weighted by molar-refractivity contribution is 0.178. The summed E-state index contributed by atoms with van der Waals surface area (Å²) in [4.78, 5) is 10.6. The number of fused-ring (bicyclic) bond motifs is 1. The van der Waals surface area contributed by atoms with Crippen molar-refractivity contribution in [2.75, 3.05) is 56.9 Å². The largest absolute Gasteiger partial charge is 0.351 e. The number of hydrogen-bond acceptors (Lipinski definition) is 8. The van der Waals surface area contributed by atoms with Crippen LogP contribution in [0.5, 0.6) is 0 Å². The number of rotatable bonds is 7. The Morgan fingerprint density at radius 2 is 1.86 bits per heavy atom. The highest BCUT2D eigenvalue weighted by Crippen LogP contribution is 2.38. The normalized spacial score (nSPS) is 22.2. The number of para-hydroxylation sites is 1. The van der Waals surface area contributed by atoms with Crippen molar-refractivity contribution in [2.45, 2.75) is 15.9 Å². The highest BCUT2D eigenvalue weighted by atomic mass is 32.2. The Hall–Kier alpha value is -1.90. The maximum Gasteiger partial charge on any atom is 0.273 e. The lowest BCUT2D eigenvalue weighted by atomic mass is 10.1. The molecular weight excluding hydrogens is 539 g/mol. The standard InChI is InChI=1S/C23H29N5O4S4/c1-23(16-27-9-11-28(12-10-27)35(3,29)30)15-24-22(34-23)18-14-17-6-4-7-19(21(17)25-18)26(2)36(31,32)20-8-5-13-33-20/h4-8,13-14,25H,9-12,15-16H2,1-3H3. The van der Waals surface area contributed by atoms with Crippen molar-refractivity contribution in [3.63, 3.8) is 0 Å². The van der Waals surface area contributed by atoms with Crippen LogP contribution in [0.2, 0.25) is 0 Å². The van der Waals surface area contributed by atoms with Crippen LogP contribution in [0.1, 0.15) is 12.6 Å². The second kappa shape index (κ2) is 9.44. The molecule has 0 amide bonds. The Balaban J connectivity index is 1.32. The number of nitrogens with one attached hydrogen (secondary N) is 1. The van der Waals surface area contributed by atoms with Crippen LogP contribution in [0.25, 0.3) is 10.9 Å². The summed E-state index contributed by atoms with van der Waals surface area (Å²) in [5.74, 6) is 0. The first-order chi connectivity index (χ1) is 17.0. The third-order valence-electron chi connectivity index (χ3n) is 6.57. The number of thioether (sulfide) groups is 1. The second-order valence-electron chi connectivity index (χ2n) is 9.44. The molecule has 1 atom stereocenters. The first kappa shape index (κ1) is 25.7. The van der Waals surface area contributed by atoms with Crippen LogP contribution < -0.4 is 4.31 Å². The van der Waals surface area contributed by atoms with Gasteiger partial charge < -0.3 is 4.98 Å². The maximum atomic E-state index is 13.1. The summed E-state index contributed by atoms with van der Waals surface area (Å²) >= 11 is 2.91. The Morgan fingerprint density at radius 3 is 2.53 bits per heavy atom. The van der Waals surface area contributed by atoms with Crippen molar-refractivity contribution in [2.24, 2.45) is 4.99 Å². The highest BCUT2D eigenvalue weighted by Gasteiger charge is 2.37. The number of piperazine rings is 1. The highest BCUT2D eigenvalue weighted by molar-refractivity contribution is 8.15. The molecule has 0 aliphatic carbocycles. The fraction of sp³-hybridized carbons (Fsp3) is 0.435. The number of nitrogens with zero attached hydrogens (tertiary/aromatic N) is 4. The number of aliphatic imine (C=N–C) groups is 1. The molecule has 13 heteroatoms. The molecule has 0 bridgehead atoms. The summed E-state index contributed by atoms with van der Waals surface area (Å²) in [6.07, 6.45) is 1.26. The van der Waals surface area contributed by atoms with E-state index in [9.17, 15) is 16.8 Å². The van der Waals surface area contributed by atoms with Gasteiger partial charge in [0.15, 0.2) is 0 Å². The van der Waals surface area contributed by atoms with Gasteiger partial charge in [-0.2, -0.15) is 4.31 Å². The molecule has 2 aromatic heterocycles. The van der Waals surface area contributed by atoms with Gasteiger partial charge in [-0.3, -0.25) is 14.2 Å². The van der Waals surface area contributed by atoms with E-state index >= 15 is 0 Å². The monoisotopic (exact) mass is 567 g/mol. The Bertz CT molecular complexity index is 1510. The van der Waals surface area contributed by atoms with Crippen LogP contribution in [0, 0.1) is 0 Å². The lowest BCUT2D eigenvalue weighted by Gasteiger charge is -2.37. The van der Waals surface area contributed by atoms with Gasteiger partial charge in [0.1, 0.15) is 9.25 Å². The summed E-state index contributed by atoms with van der Waals surface area (Å²) in [5, 5.41) is 3.58. The smallest absolute Gasteiger partial charge is 0.273 e. The minimum Gasteiger partial charge on any atom is -0.351 e. The van der Waals surface area contributed by atoms with Crippen molar-refractivity contribution in [3.05, 3.63) is 47.5 Å². The predicted molar refractivity (Wildman–Crippen MR) is 148 cm³/mol. The number of anilines is 1. The number of sulfonamides is 2. The molecular formula is C23H29N5O4S4. The van der Waals surface area contributed by atoms with Crippen LogP contribution >= 0.6 is 23.1 Å². The molecule has 9 nitrogen and oxygen atoms in total. The molecule has 0 saturated carbocycles. The fourth-order valence-electron chi connectivity index (χ4n) is 4.64. The van der Waals surface area contributed by atoms with Gasteiger partial charge >= 0.3 is 0 Å². The molecule has 3 aromatic rings. The molecule has 2 aliphatic rings. The van der Waals surface area contributed by atoms with Crippen LogP contribution in [0.3, 0.4) is 0 Å². The van der Waals surface area contributed by atoms with Gasteiger partial charge in [-0.15, -0.1) is 11.3 Å². The van der Waals surface area contributed by atoms with Crippen molar-refractivity contribution in [3.8, 4) is 0 Å². The summed E-state index contributed by atoms with van der Waals surface area (Å²) in [5.41, 5.74) is 2.21. The molecule has 1 saturated heterocycles. The SMILES string of the molecule is CN(c1cccc2cc(C3=NCC(C)(CN4CCN(S(C)(=O)=O)CC4)S3)[nH]c12)S(=O)(=O)c1cccs1. The molecule has 1 N–H and O–H groups in total. The topological polar surface area (TPSA) is 106 Å². The van der Waals surface area contributed by atoms with Crippen molar-refractivity contribution in [1.29, 1.82) is 0 Å². The molecule has 1 aromatic carbocycles. The average Bonchev–Trinajstić information content (AvgIpc) is 3.58. The fourth-order valence-corrected chi connectivity index (χ4v) is 9.03. The number of hydrogen-bond donors (Lipinski definition) is 1. The quantitative estimate of drug-likeness (QED) is 0.471. The average molecular weight is 568 g/mol. The third-order valence-corrected chi connectivity index (χ3v) is 12.3. The maximum absolute atomic E-state index is 13.1. The van der Waals surface area contributed by atoms with E-state index in [0.29, 0.717) is 42.6 Å². The summed E-state index contributed by atoms with van der Waals surface area (Å²) < 4.78 is 52.8. The molecule has 194 valence electrons. The van der Waals surface area contributed by atoms with Crippen molar-refractivity contribution >= 4 is 64.8 Å². The van der Waals surface area contributed by atoms with Gasteiger partial charge in [-0.25, -0.2) is 16.8 Å². The zero-order valence-corrected chi connectivity index (χ0v) is 23.6. The molecule has 0 spiro atoms. The number of H-pyrrole nitrogens is 1. The zero-order chi connectivity index (χ0) is 25.7. The molecule has 4 heterocycles. The molecule has 0 radical (unpaired) electrons. The first-order valence-electron chi connectivity index (χ1n) is 11.5. The van der Waals surface area contributed by atoms with Crippen LogP contribution in [-0.4, -0.2) is 93.4 Å². The van der Waals surface area contributed by atoms with E-state index in [0.717, 1.165) is 28.2 Å². The van der Waals surface area contributed by atoms with Gasteiger partial charge in [0.25, 0.3) is 10.0 Å². The van der Waals surface area contributed by atoms with E-state index in [1.807, 2.05) is 18.2 Å². The minimum atomic E-state index is -3.65. The first-order valence-corrected chi connectivity index (χ1v) is 16.5. The third kappa shape index (κ3) is 4.96. The van der Waals surface area contributed by atoms with Gasteiger partial charge in [-0.1, -0.05) is 30.0 Å².